The summed E-state index contributed by atoms with van der Waals surface area (Å²) in [5.41, 5.74) is 3.14. The van der Waals surface area contributed by atoms with Gasteiger partial charge in [-0.3, -0.25) is 0 Å². The average Bonchev–Trinajstić information content (AvgIpc) is 2.68. The van der Waals surface area contributed by atoms with Crippen LogP contribution in [0.15, 0.2) is 62.7 Å². The molecule has 1 aliphatic carbocycles. The lowest BCUT2D eigenvalue weighted by molar-refractivity contribution is 0.106. The number of fused-ring (bicyclic) bond motifs is 1. The Labute approximate surface area is 183 Å². The number of ether oxygens (including phenoxy) is 2. The van der Waals surface area contributed by atoms with E-state index in [0.717, 1.165) is 52.1 Å². The monoisotopic (exact) mass is 483 g/mol. The molecule has 0 saturated carbocycles. The van der Waals surface area contributed by atoms with E-state index in [1.807, 2.05) is 42.5 Å². The predicted molar refractivity (Wildman–Crippen MR) is 117 cm³/mol. The van der Waals surface area contributed by atoms with Crippen LogP contribution in [0.25, 0.3) is 0 Å². The third-order valence-corrected chi connectivity index (χ3v) is 4.98. The van der Waals surface area contributed by atoms with Crippen LogP contribution in [0.1, 0.15) is 24.0 Å². The molecule has 0 spiro atoms. The Morgan fingerprint density at radius 2 is 1.93 bits per heavy atom. The van der Waals surface area contributed by atoms with Gasteiger partial charge in [-0.05, 0) is 49.6 Å². The van der Waals surface area contributed by atoms with Crippen LogP contribution < -0.4 is 9.47 Å². The summed E-state index contributed by atoms with van der Waals surface area (Å²) in [7, 11) is 0. The van der Waals surface area contributed by atoms with Gasteiger partial charge in [0.1, 0.15) is 29.2 Å². The molecule has 4 nitrogen and oxygen atoms in total. The van der Waals surface area contributed by atoms with Gasteiger partial charge < -0.3 is 14.3 Å². The lowest BCUT2D eigenvalue weighted by Crippen LogP contribution is -2.15. The zero-order valence-electron chi connectivity index (χ0n) is 15.2. The van der Waals surface area contributed by atoms with E-state index < -0.39 is 0 Å². The third kappa shape index (κ3) is 6.16. The standard InChI is InChI=1S/C21H20BrCl2NO3/c22-15-4-1-5-16(14-15)26-12-13-28-25-19-8-2-7-18-17(19)6-3-9-20(18)27-11-10-21(23)24/h1,3-6,9-10,14H,2,7-8,11-13H2/b25-19+. The van der Waals surface area contributed by atoms with Gasteiger partial charge in [0.25, 0.3) is 0 Å². The summed E-state index contributed by atoms with van der Waals surface area (Å²) >= 11 is 14.7. The molecule has 0 bridgehead atoms. The number of hydrogen-bond donors (Lipinski definition) is 0. The first-order valence-electron chi connectivity index (χ1n) is 8.97. The fourth-order valence-electron chi connectivity index (χ4n) is 2.96. The van der Waals surface area contributed by atoms with E-state index >= 15 is 0 Å². The van der Waals surface area contributed by atoms with Crippen LogP contribution in [0.5, 0.6) is 11.5 Å². The number of oxime groups is 1. The van der Waals surface area contributed by atoms with E-state index in [1.165, 1.54) is 0 Å². The Bertz CT molecular complexity index is 866. The Hall–Kier alpha value is -1.69. The highest BCUT2D eigenvalue weighted by molar-refractivity contribution is 9.10. The maximum atomic E-state index is 5.80. The molecule has 0 N–H and O–H groups in total. The Morgan fingerprint density at radius 3 is 2.75 bits per heavy atom. The highest BCUT2D eigenvalue weighted by Gasteiger charge is 2.19. The second-order valence-corrected chi connectivity index (χ2v) is 8.04. The predicted octanol–water partition coefficient (Wildman–Crippen LogP) is 6.28. The highest BCUT2D eigenvalue weighted by atomic mass is 79.9. The molecule has 0 saturated heterocycles. The van der Waals surface area contributed by atoms with Crippen molar-refractivity contribution in [3.63, 3.8) is 0 Å². The molecule has 0 heterocycles. The van der Waals surface area contributed by atoms with Crippen LogP contribution in [0.3, 0.4) is 0 Å². The molecule has 0 radical (unpaired) electrons. The maximum absolute atomic E-state index is 5.80. The quantitative estimate of drug-likeness (QED) is 0.326. The van der Waals surface area contributed by atoms with Gasteiger partial charge in [0, 0.05) is 15.6 Å². The molecule has 28 heavy (non-hydrogen) atoms. The summed E-state index contributed by atoms with van der Waals surface area (Å²) in [5, 5.41) is 4.34. The Kier molecular flexibility index (Phi) is 8.07. The number of hydrogen-bond acceptors (Lipinski definition) is 4. The molecule has 0 unspecified atom stereocenters. The molecular weight excluding hydrogens is 465 g/mol. The summed E-state index contributed by atoms with van der Waals surface area (Å²) in [6.07, 6.45) is 4.43. The van der Waals surface area contributed by atoms with E-state index in [-0.39, 0.29) is 4.49 Å². The van der Waals surface area contributed by atoms with E-state index in [9.17, 15) is 0 Å². The lowest BCUT2D eigenvalue weighted by atomic mass is 9.89. The summed E-state index contributed by atoms with van der Waals surface area (Å²) < 4.78 is 12.6. The maximum Gasteiger partial charge on any atom is 0.151 e. The van der Waals surface area contributed by atoms with Gasteiger partial charge >= 0.3 is 0 Å². The van der Waals surface area contributed by atoms with Crippen LogP contribution in [0.2, 0.25) is 0 Å². The molecule has 0 fully saturated rings. The van der Waals surface area contributed by atoms with Crippen molar-refractivity contribution in [1.29, 1.82) is 0 Å². The SMILES string of the molecule is ClC(Cl)=CCOc1cccc2c1CCC/C2=N\OCCOc1cccc(Br)c1. The highest BCUT2D eigenvalue weighted by Crippen LogP contribution is 2.30. The van der Waals surface area contributed by atoms with Crippen molar-refractivity contribution in [3.8, 4) is 11.5 Å². The number of halogens is 3. The van der Waals surface area contributed by atoms with E-state index in [0.29, 0.717) is 19.8 Å². The van der Waals surface area contributed by atoms with Crippen molar-refractivity contribution in [2.24, 2.45) is 5.16 Å². The van der Waals surface area contributed by atoms with Gasteiger partial charge in [-0.2, -0.15) is 0 Å². The fourth-order valence-corrected chi connectivity index (χ4v) is 3.47. The van der Waals surface area contributed by atoms with Crippen LogP contribution in [0.4, 0.5) is 0 Å². The van der Waals surface area contributed by atoms with Crippen molar-refractivity contribution in [2.45, 2.75) is 19.3 Å². The molecule has 0 aliphatic heterocycles. The smallest absolute Gasteiger partial charge is 0.151 e. The molecule has 148 valence electrons. The van der Waals surface area contributed by atoms with E-state index in [2.05, 4.69) is 21.1 Å². The molecular formula is C21H20BrCl2NO3. The largest absolute Gasteiger partial charge is 0.490 e. The summed E-state index contributed by atoms with van der Waals surface area (Å²) in [6, 6.07) is 13.7. The summed E-state index contributed by atoms with van der Waals surface area (Å²) in [5.74, 6) is 1.62. The van der Waals surface area contributed by atoms with Crippen LogP contribution in [-0.2, 0) is 11.3 Å². The molecule has 0 atom stereocenters. The fraction of sp³-hybridized carbons (Fsp3) is 0.286. The summed E-state index contributed by atoms with van der Waals surface area (Å²) in [6.45, 7) is 1.13. The minimum absolute atomic E-state index is 0.200. The molecule has 0 amide bonds. The van der Waals surface area contributed by atoms with Gasteiger partial charge in [0.2, 0.25) is 0 Å². The summed E-state index contributed by atoms with van der Waals surface area (Å²) in [4.78, 5) is 5.50. The normalized spacial score (nSPS) is 14.3. The molecule has 2 aromatic rings. The van der Waals surface area contributed by atoms with Crippen LogP contribution in [-0.4, -0.2) is 25.5 Å². The van der Waals surface area contributed by atoms with Crippen molar-refractivity contribution in [3.05, 3.63) is 68.6 Å². The van der Waals surface area contributed by atoms with Gasteiger partial charge in [0.05, 0.1) is 5.71 Å². The first-order chi connectivity index (χ1) is 13.6. The van der Waals surface area contributed by atoms with Gasteiger partial charge in [-0.1, -0.05) is 62.5 Å². The number of nitrogens with zero attached hydrogens (tertiary/aromatic N) is 1. The Balaban J connectivity index is 1.58. The van der Waals surface area contributed by atoms with Gasteiger partial charge in [0.15, 0.2) is 6.61 Å². The van der Waals surface area contributed by atoms with Crippen molar-refractivity contribution >= 4 is 44.8 Å². The van der Waals surface area contributed by atoms with Crippen LogP contribution >= 0.6 is 39.1 Å². The molecule has 7 heteroatoms. The van der Waals surface area contributed by atoms with E-state index in [1.54, 1.807) is 6.08 Å². The topological polar surface area (TPSA) is 40.0 Å². The first kappa shape index (κ1) is 21.0. The van der Waals surface area contributed by atoms with Gasteiger partial charge in [-0.25, -0.2) is 0 Å². The minimum Gasteiger partial charge on any atom is -0.490 e. The third-order valence-electron chi connectivity index (χ3n) is 4.17. The second kappa shape index (κ2) is 10.7. The average molecular weight is 485 g/mol. The lowest BCUT2D eigenvalue weighted by Gasteiger charge is -2.20. The minimum atomic E-state index is 0.200. The van der Waals surface area contributed by atoms with Crippen molar-refractivity contribution in [2.75, 3.05) is 19.8 Å². The molecule has 1 aliphatic rings. The molecule has 3 rings (SSSR count). The Morgan fingerprint density at radius 1 is 1.07 bits per heavy atom. The zero-order chi connectivity index (χ0) is 19.8. The molecule has 2 aromatic carbocycles. The van der Waals surface area contributed by atoms with Gasteiger partial charge in [-0.15, -0.1) is 0 Å². The first-order valence-corrected chi connectivity index (χ1v) is 10.5. The number of rotatable bonds is 8. The zero-order valence-corrected chi connectivity index (χ0v) is 18.3. The number of benzene rings is 2. The van der Waals surface area contributed by atoms with Crippen molar-refractivity contribution in [1.82, 2.24) is 0 Å². The molecule has 0 aromatic heterocycles. The van der Waals surface area contributed by atoms with E-state index in [4.69, 9.17) is 37.5 Å². The van der Waals surface area contributed by atoms with Crippen LogP contribution in [0, 0.1) is 0 Å². The van der Waals surface area contributed by atoms with Crippen molar-refractivity contribution < 1.29 is 14.3 Å². The second-order valence-electron chi connectivity index (χ2n) is 6.12.